The summed E-state index contributed by atoms with van der Waals surface area (Å²) in [6, 6.07) is 17.3. The average Bonchev–Trinajstić information content (AvgIpc) is 3.83. The van der Waals surface area contributed by atoms with Crippen molar-refractivity contribution in [3.05, 3.63) is 123 Å². The number of carbonyl (C=O) groups excluding carboxylic acids is 1. The zero-order valence-electron chi connectivity index (χ0n) is 25.1. The van der Waals surface area contributed by atoms with Gasteiger partial charge in [0.15, 0.2) is 4.80 Å². The van der Waals surface area contributed by atoms with E-state index in [9.17, 15) is 14.9 Å². The van der Waals surface area contributed by atoms with Crippen molar-refractivity contribution in [1.82, 2.24) is 9.13 Å². The number of thiazole rings is 1. The molecule has 0 radical (unpaired) electrons. The monoisotopic (exact) mass is 650 g/mol. The van der Waals surface area contributed by atoms with Gasteiger partial charge in [-0.2, -0.15) is 5.26 Å². The summed E-state index contributed by atoms with van der Waals surface area (Å²) in [6.45, 7) is 6.07. The number of nitriles is 1. The van der Waals surface area contributed by atoms with Gasteiger partial charge in [-0.3, -0.25) is 9.36 Å². The summed E-state index contributed by atoms with van der Waals surface area (Å²) in [5, 5.41) is 13.0. The van der Waals surface area contributed by atoms with E-state index in [2.05, 4.69) is 16.7 Å². The zero-order chi connectivity index (χ0) is 31.2. The molecule has 4 aromatic heterocycles. The second-order valence-corrected chi connectivity index (χ2v) is 14.2. The molecule has 0 fully saturated rings. The Bertz CT molecular complexity index is 2210. The van der Waals surface area contributed by atoms with Gasteiger partial charge in [-0.1, -0.05) is 47.7 Å². The van der Waals surface area contributed by atoms with Gasteiger partial charge in [0.05, 0.1) is 28.0 Å². The third kappa shape index (κ3) is 4.96. The number of thiophene rings is 2. The molecule has 1 atom stereocenters. The van der Waals surface area contributed by atoms with Crippen molar-refractivity contribution in [2.45, 2.75) is 52.5 Å². The summed E-state index contributed by atoms with van der Waals surface area (Å²) >= 11 is 4.53. The number of nitrogens with zero attached hydrogens (tertiary/aromatic N) is 4. The first-order valence-electron chi connectivity index (χ1n) is 15.0. The number of carbonyl (C=O) groups is 1. The van der Waals surface area contributed by atoms with Crippen molar-refractivity contribution >= 4 is 51.8 Å². The number of hydrogen-bond acceptors (Lipinski definition) is 8. The maximum atomic E-state index is 14.3. The van der Waals surface area contributed by atoms with Gasteiger partial charge < -0.3 is 9.30 Å². The number of fused-ring (bicyclic) bond motifs is 2. The molecule has 0 spiro atoms. The highest BCUT2D eigenvalue weighted by Gasteiger charge is 2.35. The third-order valence-electron chi connectivity index (χ3n) is 8.41. The van der Waals surface area contributed by atoms with Gasteiger partial charge in [0, 0.05) is 26.7 Å². The van der Waals surface area contributed by atoms with Gasteiger partial charge in [-0.05, 0) is 81.2 Å². The molecular formula is C35H30N4O3S3. The molecule has 1 aliphatic carbocycles. The number of esters is 1. The maximum absolute atomic E-state index is 14.3. The lowest BCUT2D eigenvalue weighted by Gasteiger charge is -2.24. The summed E-state index contributed by atoms with van der Waals surface area (Å²) in [4.78, 5) is 35.5. The van der Waals surface area contributed by atoms with Crippen molar-refractivity contribution < 1.29 is 9.53 Å². The highest BCUT2D eigenvalue weighted by atomic mass is 32.1. The molecule has 0 bridgehead atoms. The minimum Gasteiger partial charge on any atom is -0.463 e. The van der Waals surface area contributed by atoms with Crippen molar-refractivity contribution in [2.24, 2.45) is 4.99 Å². The van der Waals surface area contributed by atoms with Crippen molar-refractivity contribution in [1.29, 1.82) is 5.26 Å². The van der Waals surface area contributed by atoms with Crippen LogP contribution in [0.4, 0.5) is 0 Å². The van der Waals surface area contributed by atoms with E-state index < -0.39 is 12.0 Å². The molecule has 0 amide bonds. The van der Waals surface area contributed by atoms with Crippen LogP contribution >= 0.6 is 34.0 Å². The van der Waals surface area contributed by atoms with Crippen LogP contribution in [-0.4, -0.2) is 21.7 Å². The van der Waals surface area contributed by atoms with Gasteiger partial charge in [0.1, 0.15) is 17.1 Å². The molecular weight excluding hydrogens is 621 g/mol. The summed E-state index contributed by atoms with van der Waals surface area (Å²) < 4.78 is 9.87. The molecule has 45 heavy (non-hydrogen) atoms. The highest BCUT2D eigenvalue weighted by molar-refractivity contribution is 7.15. The molecule has 0 N–H and O–H groups in total. The van der Waals surface area contributed by atoms with Gasteiger partial charge in [-0.15, -0.1) is 22.7 Å². The maximum Gasteiger partial charge on any atom is 0.338 e. The smallest absolute Gasteiger partial charge is 0.338 e. The SMILES string of the molecule is CCOC(=O)C1=C(c2ccccc2)N=c2s/c(=C/c3cc(C)n(-c4sc5c(c4C#N)CCCC5)c3C)c(=O)n2[C@H]1c1cccs1. The van der Waals surface area contributed by atoms with Crippen LogP contribution in [0.5, 0.6) is 0 Å². The topological polar surface area (TPSA) is 89.4 Å². The highest BCUT2D eigenvalue weighted by Crippen LogP contribution is 2.39. The Morgan fingerprint density at radius 2 is 1.93 bits per heavy atom. The standard InChI is InChI=1S/C35H30N4O3S3/c1-4-42-34(41)29-30(22-11-6-5-7-12-22)37-35-39(31(29)27-15-10-16-43-27)32(40)28(45-35)18-23-17-20(2)38(21(23)3)33-25(19-36)24-13-8-9-14-26(24)44-33/h5-7,10-12,15-18,31H,4,8-9,13-14H2,1-3H3/b28-18+/t31-/m0/s1. The fourth-order valence-corrected chi connectivity index (χ4v) is 9.63. The molecule has 0 saturated carbocycles. The number of benzene rings is 1. The van der Waals surface area contributed by atoms with Gasteiger partial charge in [0.25, 0.3) is 5.56 Å². The van der Waals surface area contributed by atoms with E-state index >= 15 is 0 Å². The molecule has 2 aliphatic rings. The average molecular weight is 651 g/mol. The van der Waals surface area contributed by atoms with Gasteiger partial charge in [0.2, 0.25) is 0 Å². The molecule has 10 heteroatoms. The first-order chi connectivity index (χ1) is 21.9. The van der Waals surface area contributed by atoms with Crippen molar-refractivity contribution in [2.75, 3.05) is 6.61 Å². The number of ether oxygens (including phenoxy) is 1. The van der Waals surface area contributed by atoms with Crippen LogP contribution in [-0.2, 0) is 22.4 Å². The Morgan fingerprint density at radius 3 is 2.67 bits per heavy atom. The largest absolute Gasteiger partial charge is 0.463 e. The Balaban J connectivity index is 1.42. The molecule has 1 aliphatic heterocycles. The normalized spacial score (nSPS) is 16.2. The van der Waals surface area contributed by atoms with Gasteiger partial charge in [-0.25, -0.2) is 9.79 Å². The fourth-order valence-electron chi connectivity index (χ4n) is 6.37. The molecule has 5 heterocycles. The summed E-state index contributed by atoms with van der Waals surface area (Å²) in [7, 11) is 0. The van der Waals surface area contributed by atoms with Crippen molar-refractivity contribution in [3.63, 3.8) is 0 Å². The lowest BCUT2D eigenvalue weighted by atomic mass is 9.96. The van der Waals surface area contributed by atoms with Gasteiger partial charge >= 0.3 is 5.97 Å². The lowest BCUT2D eigenvalue weighted by molar-refractivity contribution is -0.138. The van der Waals surface area contributed by atoms with Crippen LogP contribution in [0.3, 0.4) is 0 Å². The van der Waals surface area contributed by atoms with Crippen LogP contribution in [0.25, 0.3) is 16.8 Å². The minimum absolute atomic E-state index is 0.208. The predicted octanol–water partition coefficient (Wildman–Crippen LogP) is 6.22. The minimum atomic E-state index is -0.666. The molecule has 0 saturated heterocycles. The summed E-state index contributed by atoms with van der Waals surface area (Å²) in [6.07, 6.45) is 6.16. The van der Waals surface area contributed by atoms with E-state index in [1.54, 1.807) is 22.8 Å². The molecule has 226 valence electrons. The van der Waals surface area contributed by atoms with E-state index in [-0.39, 0.29) is 12.2 Å². The van der Waals surface area contributed by atoms with E-state index in [0.29, 0.717) is 20.6 Å². The summed E-state index contributed by atoms with van der Waals surface area (Å²) in [5.74, 6) is -0.483. The van der Waals surface area contributed by atoms with Crippen LogP contribution in [0, 0.1) is 25.2 Å². The molecule has 1 aromatic carbocycles. The Labute approximate surface area is 272 Å². The van der Waals surface area contributed by atoms with E-state index in [1.165, 1.54) is 33.1 Å². The number of aromatic nitrogens is 2. The van der Waals surface area contributed by atoms with Crippen molar-refractivity contribution in [3.8, 4) is 11.1 Å². The Morgan fingerprint density at radius 1 is 1.13 bits per heavy atom. The van der Waals surface area contributed by atoms with Crippen LogP contribution in [0.1, 0.15) is 69.2 Å². The molecule has 7 rings (SSSR count). The molecule has 5 aromatic rings. The number of hydrogen-bond donors (Lipinski definition) is 0. The lowest BCUT2D eigenvalue weighted by Crippen LogP contribution is -2.39. The van der Waals surface area contributed by atoms with Crippen LogP contribution in [0.15, 0.2) is 69.3 Å². The first kappa shape index (κ1) is 29.4. The first-order valence-corrected chi connectivity index (χ1v) is 17.5. The van der Waals surface area contributed by atoms with E-state index in [0.717, 1.165) is 63.6 Å². The fraction of sp³-hybridized carbons (Fsp3) is 0.257. The second-order valence-electron chi connectivity index (χ2n) is 11.1. The quantitative estimate of drug-likeness (QED) is 0.204. The Hall–Kier alpha value is -4.30. The number of rotatable bonds is 6. The molecule has 0 unspecified atom stereocenters. The third-order valence-corrected chi connectivity index (χ3v) is 11.6. The second kappa shape index (κ2) is 11.9. The van der Waals surface area contributed by atoms with Crippen LogP contribution < -0.4 is 14.9 Å². The van der Waals surface area contributed by atoms with E-state index in [4.69, 9.17) is 9.73 Å². The number of aryl methyl sites for hydroxylation is 2. The zero-order valence-corrected chi connectivity index (χ0v) is 27.6. The summed E-state index contributed by atoms with van der Waals surface area (Å²) in [5.41, 5.74) is 6.32. The van der Waals surface area contributed by atoms with E-state index in [1.807, 2.05) is 67.8 Å². The Kier molecular flexibility index (Phi) is 7.78. The van der Waals surface area contributed by atoms with Crippen LogP contribution in [0.2, 0.25) is 0 Å². The predicted molar refractivity (Wildman–Crippen MR) is 180 cm³/mol. The molecule has 7 nitrogen and oxygen atoms in total.